The van der Waals surface area contributed by atoms with Gasteiger partial charge in [-0.05, 0) is 24.6 Å². The summed E-state index contributed by atoms with van der Waals surface area (Å²) in [4.78, 5) is 49.3. The van der Waals surface area contributed by atoms with E-state index in [1.165, 1.54) is 4.90 Å². The summed E-state index contributed by atoms with van der Waals surface area (Å²) in [5.41, 5.74) is 0.457. The van der Waals surface area contributed by atoms with Gasteiger partial charge in [-0.15, -0.1) is 0 Å². The minimum atomic E-state index is -1.07. The molecule has 0 aliphatic carbocycles. The van der Waals surface area contributed by atoms with Crippen LogP contribution >= 0.6 is 12.9 Å². The molecule has 1 N–H and O–H groups in total. The van der Waals surface area contributed by atoms with Crippen molar-refractivity contribution < 1.29 is 23.4 Å². The van der Waals surface area contributed by atoms with E-state index in [4.69, 9.17) is 4.18 Å². The molecule has 0 bridgehead atoms. The van der Waals surface area contributed by atoms with Crippen LogP contribution < -0.4 is 9.50 Å². The van der Waals surface area contributed by atoms with Crippen molar-refractivity contribution in [1.82, 2.24) is 15.1 Å². The van der Waals surface area contributed by atoms with E-state index >= 15 is 0 Å². The zero-order valence-corrected chi connectivity index (χ0v) is 13.8. The predicted octanol–water partition coefficient (Wildman–Crippen LogP) is 0.461. The lowest BCUT2D eigenvalue weighted by Gasteiger charge is -2.32. The third-order valence-corrected chi connectivity index (χ3v) is 3.85. The fourth-order valence-corrected chi connectivity index (χ4v) is 2.40. The second-order valence-corrected chi connectivity index (χ2v) is 5.18. The summed E-state index contributed by atoms with van der Waals surface area (Å²) < 4.78 is 4.72. The molecule has 0 aromatic heterocycles. The molecule has 1 fully saturated rings. The van der Waals surface area contributed by atoms with Gasteiger partial charge in [0.15, 0.2) is 0 Å². The van der Waals surface area contributed by atoms with Crippen LogP contribution in [0.5, 0.6) is 5.75 Å². The van der Waals surface area contributed by atoms with Crippen LogP contribution in [0.25, 0.3) is 0 Å². The summed E-state index contributed by atoms with van der Waals surface area (Å²) in [6, 6.07) is 4.36. The monoisotopic (exact) mass is 350 g/mol. The number of nitrogens with one attached hydrogen (secondary N) is 1. The molecule has 9 heteroatoms. The Balaban J connectivity index is 2.07. The number of carbonyl (C=O) groups excluding carboxylic acids is 4. The standard InChI is InChI=1S/C15H16N3O5S/c1-2-17-7-8-18(14(21)13(17)20)15(22)16-12(9-19)10-3-5-11(23-24)6-4-10/h3-6,12,24H,2,7-8H2,1H3,(H,16,22). The molecule has 2 rings (SSSR count). The molecule has 1 unspecified atom stereocenters. The molecular formula is C15H16N3O5S. The summed E-state index contributed by atoms with van der Waals surface area (Å²) in [5, 5.41) is 2.39. The first-order chi connectivity index (χ1) is 11.5. The molecule has 1 saturated heterocycles. The normalized spacial score (nSPS) is 15.9. The Morgan fingerprint density at radius 3 is 2.50 bits per heavy atom. The molecular weight excluding hydrogens is 334 g/mol. The predicted molar refractivity (Wildman–Crippen MR) is 87.0 cm³/mol. The number of benzene rings is 1. The smallest absolute Gasteiger partial charge is 0.325 e. The second-order valence-electron chi connectivity index (χ2n) is 5.00. The number of likely N-dealkylation sites (N-methyl/N-ethyl adjacent to an activating group) is 1. The van der Waals surface area contributed by atoms with Gasteiger partial charge in [-0.3, -0.25) is 19.3 Å². The van der Waals surface area contributed by atoms with Crippen molar-refractivity contribution in [1.29, 1.82) is 0 Å². The van der Waals surface area contributed by atoms with Crippen molar-refractivity contribution >= 4 is 37.0 Å². The minimum Gasteiger partial charge on any atom is -0.429 e. The Bertz CT molecular complexity index is 649. The zero-order valence-electron chi connectivity index (χ0n) is 12.9. The second kappa shape index (κ2) is 7.82. The van der Waals surface area contributed by atoms with Crippen LogP contribution in [0, 0.1) is 0 Å². The maximum absolute atomic E-state index is 12.2. The Kier molecular flexibility index (Phi) is 5.80. The van der Waals surface area contributed by atoms with Crippen LogP contribution in [-0.4, -0.2) is 53.6 Å². The Hall–Kier alpha value is -2.55. The number of piperazine rings is 1. The highest BCUT2D eigenvalue weighted by atomic mass is 32.1. The van der Waals surface area contributed by atoms with Crippen molar-refractivity contribution in [3.63, 3.8) is 0 Å². The van der Waals surface area contributed by atoms with E-state index in [0.717, 1.165) is 4.90 Å². The Morgan fingerprint density at radius 1 is 1.29 bits per heavy atom. The number of imide groups is 1. The highest BCUT2D eigenvalue weighted by Gasteiger charge is 2.36. The number of rotatable bonds is 5. The van der Waals surface area contributed by atoms with Crippen LogP contribution in [0.2, 0.25) is 0 Å². The van der Waals surface area contributed by atoms with Gasteiger partial charge in [-0.25, -0.2) is 4.79 Å². The van der Waals surface area contributed by atoms with Crippen LogP contribution in [-0.2, 0) is 14.4 Å². The number of urea groups is 1. The Morgan fingerprint density at radius 2 is 1.96 bits per heavy atom. The molecule has 0 spiro atoms. The molecule has 4 amide bonds. The number of amides is 4. The highest BCUT2D eigenvalue weighted by Crippen LogP contribution is 2.18. The third-order valence-electron chi connectivity index (χ3n) is 3.64. The fourth-order valence-electron chi connectivity index (χ4n) is 2.27. The van der Waals surface area contributed by atoms with E-state index in [1.807, 2.05) is 0 Å². The highest BCUT2D eigenvalue weighted by molar-refractivity contribution is 7.75. The largest absolute Gasteiger partial charge is 0.429 e. The minimum absolute atomic E-state index is 0.0717. The molecule has 24 heavy (non-hydrogen) atoms. The average Bonchev–Trinajstić information content (AvgIpc) is 2.61. The quantitative estimate of drug-likeness (QED) is 0.457. The average molecular weight is 350 g/mol. The summed E-state index contributed by atoms with van der Waals surface area (Å²) >= 11 is 3.65. The summed E-state index contributed by atoms with van der Waals surface area (Å²) in [6.45, 7) is 2.47. The number of hydrogen-bond acceptors (Lipinski definition) is 6. The molecule has 1 aliphatic rings. The van der Waals surface area contributed by atoms with Crippen molar-refractivity contribution in [2.45, 2.75) is 13.0 Å². The fraction of sp³-hybridized carbons (Fsp3) is 0.333. The van der Waals surface area contributed by atoms with Crippen LogP contribution in [0.4, 0.5) is 4.79 Å². The SMILES string of the molecule is CCN1CCN(C(=O)NC([C]=O)c2ccc(OS)cc2)C(=O)C1=O. The van der Waals surface area contributed by atoms with Gasteiger partial charge in [-0.1, -0.05) is 12.1 Å². The number of nitrogens with zero attached hydrogens (tertiary/aromatic N) is 2. The molecule has 127 valence electrons. The van der Waals surface area contributed by atoms with Crippen molar-refractivity contribution in [2.75, 3.05) is 19.6 Å². The van der Waals surface area contributed by atoms with Gasteiger partial charge in [0, 0.05) is 32.5 Å². The van der Waals surface area contributed by atoms with E-state index in [2.05, 4.69) is 18.2 Å². The van der Waals surface area contributed by atoms with Crippen LogP contribution in [0.1, 0.15) is 18.5 Å². The Labute approximate surface area is 144 Å². The molecule has 1 aromatic carbocycles. The first-order valence-corrected chi connectivity index (χ1v) is 7.58. The molecule has 0 saturated carbocycles. The molecule has 1 aromatic rings. The van der Waals surface area contributed by atoms with Gasteiger partial charge in [0.25, 0.3) is 0 Å². The van der Waals surface area contributed by atoms with Crippen molar-refractivity contribution in [2.24, 2.45) is 0 Å². The lowest BCUT2D eigenvalue weighted by Crippen LogP contribution is -2.58. The number of carbonyl (C=O) groups is 3. The van der Waals surface area contributed by atoms with E-state index in [9.17, 15) is 19.2 Å². The van der Waals surface area contributed by atoms with Crippen molar-refractivity contribution in [3.05, 3.63) is 29.8 Å². The van der Waals surface area contributed by atoms with Gasteiger partial charge in [0.2, 0.25) is 6.29 Å². The number of hydrogen-bond donors (Lipinski definition) is 2. The van der Waals surface area contributed by atoms with E-state index < -0.39 is 23.9 Å². The summed E-state index contributed by atoms with van der Waals surface area (Å²) in [5.74, 6) is -1.18. The number of thiol groups is 1. The van der Waals surface area contributed by atoms with Gasteiger partial charge in [0.05, 0.1) is 0 Å². The van der Waals surface area contributed by atoms with Gasteiger partial charge in [-0.2, -0.15) is 0 Å². The summed E-state index contributed by atoms with van der Waals surface area (Å²) in [7, 11) is 0. The van der Waals surface area contributed by atoms with Gasteiger partial charge >= 0.3 is 17.8 Å². The lowest BCUT2D eigenvalue weighted by atomic mass is 10.1. The van der Waals surface area contributed by atoms with Crippen molar-refractivity contribution in [3.8, 4) is 5.75 Å². The lowest BCUT2D eigenvalue weighted by molar-refractivity contribution is -0.153. The topological polar surface area (TPSA) is 96.0 Å². The van der Waals surface area contributed by atoms with Gasteiger partial charge in [0.1, 0.15) is 11.8 Å². The van der Waals surface area contributed by atoms with Crippen LogP contribution in [0.15, 0.2) is 24.3 Å². The molecule has 1 heterocycles. The van der Waals surface area contributed by atoms with E-state index in [1.54, 1.807) is 37.5 Å². The maximum Gasteiger partial charge on any atom is 0.325 e. The molecule has 1 atom stereocenters. The maximum atomic E-state index is 12.2. The first kappa shape index (κ1) is 17.8. The summed E-state index contributed by atoms with van der Waals surface area (Å²) in [6.07, 6.45) is 1.70. The molecule has 8 nitrogen and oxygen atoms in total. The van der Waals surface area contributed by atoms with E-state index in [-0.39, 0.29) is 13.1 Å². The van der Waals surface area contributed by atoms with Gasteiger partial charge < -0.3 is 14.4 Å². The third kappa shape index (κ3) is 3.67. The molecule has 1 radical (unpaired) electrons. The first-order valence-electron chi connectivity index (χ1n) is 7.22. The zero-order chi connectivity index (χ0) is 17.7. The molecule has 1 aliphatic heterocycles. The van der Waals surface area contributed by atoms with E-state index in [0.29, 0.717) is 17.9 Å². The van der Waals surface area contributed by atoms with Crippen LogP contribution in [0.3, 0.4) is 0 Å².